The third-order valence-corrected chi connectivity index (χ3v) is 4.65. The molecule has 146 valence electrons. The van der Waals surface area contributed by atoms with Crippen LogP contribution in [0.5, 0.6) is 5.75 Å². The zero-order chi connectivity index (χ0) is 20.3. The summed E-state index contributed by atoms with van der Waals surface area (Å²) in [5.74, 6) is -0.996. The third kappa shape index (κ3) is 3.69. The second kappa shape index (κ2) is 8.12. The van der Waals surface area contributed by atoms with E-state index >= 15 is 0 Å². The number of rotatable bonds is 4. The van der Waals surface area contributed by atoms with Gasteiger partial charge < -0.3 is 15.2 Å². The van der Waals surface area contributed by atoms with Crippen molar-refractivity contribution in [3.05, 3.63) is 52.6 Å². The summed E-state index contributed by atoms with van der Waals surface area (Å²) in [6, 6.07) is 7.40. The van der Waals surface area contributed by atoms with Gasteiger partial charge in [-0.1, -0.05) is 6.07 Å². The second-order valence-corrected chi connectivity index (χ2v) is 6.44. The van der Waals surface area contributed by atoms with Crippen LogP contribution < -0.4 is 10.5 Å². The lowest BCUT2D eigenvalue weighted by Gasteiger charge is -2.20. The van der Waals surface area contributed by atoms with E-state index in [0.717, 1.165) is 41.4 Å². The van der Waals surface area contributed by atoms with Gasteiger partial charge in [-0.15, -0.1) is 0 Å². The predicted octanol–water partition coefficient (Wildman–Crippen LogP) is 3.80. The highest BCUT2D eigenvalue weighted by Gasteiger charge is 2.23. The van der Waals surface area contributed by atoms with Crippen molar-refractivity contribution in [2.45, 2.75) is 19.8 Å². The van der Waals surface area contributed by atoms with Gasteiger partial charge in [0.15, 0.2) is 0 Å². The number of fused-ring (bicyclic) bond motifs is 1. The second-order valence-electron chi connectivity index (χ2n) is 6.44. The van der Waals surface area contributed by atoms with Gasteiger partial charge >= 0.3 is 11.9 Å². The molecular weight excluding hydrogens is 365 g/mol. The molecule has 2 aromatic carbocycles. The monoisotopic (exact) mass is 385 g/mol. The number of aryl methyl sites for hydroxylation is 2. The van der Waals surface area contributed by atoms with Crippen LogP contribution in [0.25, 0.3) is 17.2 Å². The van der Waals surface area contributed by atoms with Crippen LogP contribution >= 0.6 is 0 Å². The van der Waals surface area contributed by atoms with E-state index in [0.29, 0.717) is 12.2 Å². The average molecular weight is 385 g/mol. The van der Waals surface area contributed by atoms with E-state index in [-0.39, 0.29) is 16.8 Å². The largest absolute Gasteiger partial charge is 0.493 e. The first-order valence-corrected chi connectivity index (χ1v) is 8.74. The topological polar surface area (TPSA) is 87.9 Å². The van der Waals surface area contributed by atoms with Gasteiger partial charge in [0.25, 0.3) is 0 Å². The van der Waals surface area contributed by atoms with E-state index in [9.17, 15) is 14.1 Å². The van der Waals surface area contributed by atoms with E-state index in [2.05, 4.69) is 4.94 Å². The Morgan fingerprint density at radius 3 is 2.79 bits per heavy atom. The highest BCUT2D eigenvalue weighted by Crippen LogP contribution is 2.37. The maximum atomic E-state index is 12.6. The molecule has 0 aliphatic carbocycles. The van der Waals surface area contributed by atoms with Crippen LogP contribution in [0.3, 0.4) is 0 Å². The summed E-state index contributed by atoms with van der Waals surface area (Å²) >= 11 is 0. The van der Waals surface area contributed by atoms with E-state index in [1.165, 1.54) is 13.2 Å². The molecule has 0 spiro atoms. The molecule has 0 atom stereocenters. The van der Waals surface area contributed by atoms with Crippen LogP contribution in [0.2, 0.25) is 0 Å². The first-order chi connectivity index (χ1) is 13.5. The van der Waals surface area contributed by atoms with Gasteiger partial charge in [-0.3, -0.25) is 4.94 Å². The Bertz CT molecular complexity index is 968. The van der Waals surface area contributed by atoms with Crippen LogP contribution in [-0.2, 0) is 20.9 Å². The van der Waals surface area contributed by atoms with Gasteiger partial charge in [0.2, 0.25) is 0 Å². The van der Waals surface area contributed by atoms with Gasteiger partial charge in [0.05, 0.1) is 19.3 Å². The van der Waals surface area contributed by atoms with Crippen LogP contribution in [0.4, 0.5) is 10.2 Å². The maximum absolute atomic E-state index is 12.6. The van der Waals surface area contributed by atoms with Crippen LogP contribution in [-0.4, -0.2) is 25.7 Å². The van der Waals surface area contributed by atoms with Gasteiger partial charge in [-0.05, 0) is 66.3 Å². The van der Waals surface area contributed by atoms with E-state index < -0.39 is 11.9 Å². The quantitative estimate of drug-likeness (QED) is 0.489. The molecule has 2 aromatic rings. The van der Waals surface area contributed by atoms with Gasteiger partial charge in [0.1, 0.15) is 5.75 Å². The molecule has 2 N–H and O–H groups in total. The number of benzene rings is 2. The number of anilines is 1. The number of nitrogen functional groups attached to an aromatic ring is 1. The molecule has 0 saturated carbocycles. The number of methoxy groups -OCH3 is 1. The van der Waals surface area contributed by atoms with Crippen molar-refractivity contribution in [3.8, 4) is 16.9 Å². The number of esters is 1. The van der Waals surface area contributed by atoms with Crippen LogP contribution in [0.15, 0.2) is 30.3 Å². The Labute approximate surface area is 161 Å². The number of carbonyl (C=O) groups is 2. The zero-order valence-electron chi connectivity index (χ0n) is 15.6. The molecule has 0 radical (unpaired) electrons. The highest BCUT2D eigenvalue weighted by atomic mass is 19.3. The Balaban J connectivity index is 2.24. The molecule has 28 heavy (non-hydrogen) atoms. The molecule has 0 unspecified atom stereocenters. The number of hydrogen-bond acceptors (Lipinski definition) is 6. The van der Waals surface area contributed by atoms with Crippen molar-refractivity contribution in [1.82, 2.24) is 0 Å². The summed E-state index contributed by atoms with van der Waals surface area (Å²) in [5.41, 5.74) is 10.0. The van der Waals surface area contributed by atoms with Gasteiger partial charge in [0, 0.05) is 21.9 Å². The van der Waals surface area contributed by atoms with Crippen molar-refractivity contribution in [2.24, 2.45) is 0 Å². The molecule has 0 bridgehead atoms. The molecule has 0 saturated heterocycles. The third-order valence-electron chi connectivity index (χ3n) is 4.65. The molecule has 7 heteroatoms. The summed E-state index contributed by atoms with van der Waals surface area (Å²) in [6.07, 6.45) is 3.89. The fraction of sp³-hybridized carbons (Fsp3) is 0.238. The van der Waals surface area contributed by atoms with Crippen molar-refractivity contribution >= 4 is 23.7 Å². The standard InChI is InChI=1S/C21H20FNO5/c1-12-10-16(23)15(6-8-18(24)28-22)20(21(25)26-2)19(12)14-5-7-17-13(11-14)4-3-9-27-17/h5-8,10-11H,3-4,9,23H2,1-2H3/b8-6+. The highest BCUT2D eigenvalue weighted by molar-refractivity contribution is 6.05. The predicted molar refractivity (Wildman–Crippen MR) is 102 cm³/mol. The number of hydrogen-bond donors (Lipinski definition) is 1. The lowest BCUT2D eigenvalue weighted by atomic mass is 9.88. The minimum absolute atomic E-state index is 0.194. The summed E-state index contributed by atoms with van der Waals surface area (Å²) in [5, 5.41) is 0. The normalized spacial score (nSPS) is 13.0. The molecule has 1 heterocycles. The Morgan fingerprint density at radius 1 is 1.29 bits per heavy atom. The summed E-state index contributed by atoms with van der Waals surface area (Å²) in [7, 11) is 1.26. The molecule has 1 aliphatic rings. The SMILES string of the molecule is COC(=O)c1c(/C=C/C(=O)OF)c(N)cc(C)c1-c1ccc2c(c1)CCCO2. The van der Waals surface area contributed by atoms with Gasteiger partial charge in [-0.25, -0.2) is 9.59 Å². The molecule has 0 fully saturated rings. The van der Waals surface area contributed by atoms with E-state index in [4.69, 9.17) is 15.2 Å². The average Bonchev–Trinajstić information content (AvgIpc) is 2.71. The first-order valence-electron chi connectivity index (χ1n) is 8.74. The Morgan fingerprint density at radius 2 is 2.07 bits per heavy atom. The molecule has 1 aliphatic heterocycles. The van der Waals surface area contributed by atoms with E-state index in [1.807, 2.05) is 25.1 Å². The smallest absolute Gasteiger partial charge is 0.372 e. The van der Waals surface area contributed by atoms with Crippen molar-refractivity contribution < 1.29 is 28.5 Å². The molecule has 0 amide bonds. The minimum Gasteiger partial charge on any atom is -0.493 e. The number of ether oxygens (including phenoxy) is 2. The summed E-state index contributed by atoms with van der Waals surface area (Å²) in [6.45, 7) is 2.51. The molecule has 6 nitrogen and oxygen atoms in total. The molecular formula is C21H20FNO5. The number of nitrogens with two attached hydrogens (primary N) is 1. The maximum Gasteiger partial charge on any atom is 0.372 e. The Hall–Kier alpha value is -3.35. The fourth-order valence-electron chi connectivity index (χ4n) is 3.42. The van der Waals surface area contributed by atoms with Crippen molar-refractivity contribution in [1.29, 1.82) is 0 Å². The lowest BCUT2D eigenvalue weighted by Crippen LogP contribution is -2.11. The number of halogens is 1. The van der Waals surface area contributed by atoms with Crippen molar-refractivity contribution in [2.75, 3.05) is 19.5 Å². The zero-order valence-corrected chi connectivity index (χ0v) is 15.6. The first kappa shape index (κ1) is 19.4. The summed E-state index contributed by atoms with van der Waals surface area (Å²) < 4.78 is 22.7. The number of carbonyl (C=O) groups excluding carboxylic acids is 2. The molecule has 0 aromatic heterocycles. The van der Waals surface area contributed by atoms with Gasteiger partial charge in [-0.2, -0.15) is 0 Å². The minimum atomic E-state index is -1.21. The Kier molecular flexibility index (Phi) is 5.63. The van der Waals surface area contributed by atoms with Crippen molar-refractivity contribution in [3.63, 3.8) is 0 Å². The molecule has 3 rings (SSSR count). The van der Waals surface area contributed by atoms with E-state index in [1.54, 1.807) is 6.07 Å². The lowest BCUT2D eigenvalue weighted by molar-refractivity contribution is -0.176. The summed E-state index contributed by atoms with van der Waals surface area (Å²) in [4.78, 5) is 26.9. The fourth-order valence-corrected chi connectivity index (χ4v) is 3.42. The van der Waals surface area contributed by atoms with Crippen LogP contribution in [0, 0.1) is 6.92 Å². The van der Waals surface area contributed by atoms with Crippen LogP contribution in [0.1, 0.15) is 33.5 Å².